The Morgan fingerprint density at radius 2 is 1.89 bits per heavy atom. The Morgan fingerprint density at radius 3 is 2.64 bits per heavy atom. The van der Waals surface area contributed by atoms with Crippen LogP contribution in [0.3, 0.4) is 0 Å². The van der Waals surface area contributed by atoms with Gasteiger partial charge in [0, 0.05) is 30.6 Å². The zero-order chi connectivity index (χ0) is 25.1. The van der Waals surface area contributed by atoms with Gasteiger partial charge in [0.2, 0.25) is 4.96 Å². The summed E-state index contributed by atoms with van der Waals surface area (Å²) in [6.07, 6.45) is 1.81. The lowest BCUT2D eigenvalue weighted by molar-refractivity contribution is 0.122. The molecule has 0 amide bonds. The van der Waals surface area contributed by atoms with Gasteiger partial charge in [-0.25, -0.2) is 14.5 Å². The van der Waals surface area contributed by atoms with Crippen LogP contribution < -0.4 is 19.1 Å². The lowest BCUT2D eigenvalue weighted by Crippen LogP contribution is -2.36. The maximum atomic E-state index is 6.18. The average molecular weight is 530 g/mol. The van der Waals surface area contributed by atoms with Crippen molar-refractivity contribution < 1.29 is 23.4 Å². The fraction of sp³-hybridized carbons (Fsp3) is 0.375. The van der Waals surface area contributed by atoms with Crippen molar-refractivity contribution in [1.82, 2.24) is 19.6 Å². The number of imidazole rings is 1. The molecule has 0 radical (unpaired) electrons. The SMILES string of the molecule is CC.COc1cc(OCc2csc(N3CCOCC3)n2)c2cc(-c3cn4nc(OC)sc4n3)oc2c1. The minimum atomic E-state index is 0.341. The monoisotopic (exact) mass is 529 g/mol. The molecule has 5 aromatic rings. The van der Waals surface area contributed by atoms with Gasteiger partial charge in [-0.2, -0.15) is 0 Å². The number of rotatable bonds is 7. The summed E-state index contributed by atoms with van der Waals surface area (Å²) >= 11 is 2.98. The highest BCUT2D eigenvalue weighted by Crippen LogP contribution is 2.37. The first kappa shape index (κ1) is 24.3. The molecule has 190 valence electrons. The second kappa shape index (κ2) is 10.7. The van der Waals surface area contributed by atoms with E-state index < -0.39 is 0 Å². The molecule has 0 spiro atoms. The van der Waals surface area contributed by atoms with Crippen LogP contribution in [0, 0.1) is 0 Å². The molecule has 1 fully saturated rings. The normalized spacial score (nSPS) is 13.6. The smallest absolute Gasteiger partial charge is 0.294 e. The topological polar surface area (TPSA) is 96.4 Å². The number of morpholine rings is 1. The molecule has 5 heterocycles. The average Bonchev–Trinajstić information content (AvgIpc) is 3.71. The predicted octanol–water partition coefficient (Wildman–Crippen LogP) is 5.12. The summed E-state index contributed by atoms with van der Waals surface area (Å²) in [6, 6.07) is 5.62. The van der Waals surface area contributed by atoms with Crippen molar-refractivity contribution in [3.05, 3.63) is 35.5 Å². The second-order valence-electron chi connectivity index (χ2n) is 7.58. The van der Waals surface area contributed by atoms with Crippen molar-refractivity contribution in [2.45, 2.75) is 20.5 Å². The Hall–Kier alpha value is -3.35. The summed E-state index contributed by atoms with van der Waals surface area (Å²) in [5, 5.41) is 8.73. The summed E-state index contributed by atoms with van der Waals surface area (Å²) in [6.45, 7) is 7.52. The highest BCUT2D eigenvalue weighted by atomic mass is 32.1. The summed E-state index contributed by atoms with van der Waals surface area (Å²) in [5.74, 6) is 1.92. The van der Waals surface area contributed by atoms with Gasteiger partial charge in [0.15, 0.2) is 10.9 Å². The van der Waals surface area contributed by atoms with Crippen LogP contribution in [0.15, 0.2) is 34.2 Å². The summed E-state index contributed by atoms with van der Waals surface area (Å²) in [4.78, 5) is 12.3. The first-order chi connectivity index (χ1) is 17.7. The molecule has 0 unspecified atom stereocenters. The Kier molecular flexibility index (Phi) is 7.25. The van der Waals surface area contributed by atoms with Gasteiger partial charge in [0.05, 0.1) is 44.7 Å². The number of anilines is 1. The van der Waals surface area contributed by atoms with Crippen LogP contribution in [0.4, 0.5) is 5.13 Å². The molecule has 1 aromatic carbocycles. The van der Waals surface area contributed by atoms with Gasteiger partial charge in [-0.05, 0) is 17.4 Å². The summed E-state index contributed by atoms with van der Waals surface area (Å²) in [7, 11) is 3.20. The molecular weight excluding hydrogens is 502 g/mol. The van der Waals surface area contributed by atoms with E-state index in [1.54, 1.807) is 30.1 Å². The molecule has 0 atom stereocenters. The minimum absolute atomic E-state index is 0.341. The van der Waals surface area contributed by atoms with Gasteiger partial charge < -0.3 is 28.3 Å². The van der Waals surface area contributed by atoms with E-state index in [0.29, 0.717) is 40.3 Å². The molecule has 1 aliphatic rings. The first-order valence-electron chi connectivity index (χ1n) is 11.6. The highest BCUT2D eigenvalue weighted by molar-refractivity contribution is 7.18. The third-order valence-electron chi connectivity index (χ3n) is 5.46. The van der Waals surface area contributed by atoms with E-state index in [1.807, 2.05) is 43.6 Å². The van der Waals surface area contributed by atoms with Gasteiger partial charge in [-0.15, -0.1) is 16.4 Å². The van der Waals surface area contributed by atoms with Crippen molar-refractivity contribution >= 4 is 43.7 Å². The van der Waals surface area contributed by atoms with Crippen molar-refractivity contribution in [1.29, 1.82) is 0 Å². The molecule has 0 saturated carbocycles. The maximum absolute atomic E-state index is 6.18. The van der Waals surface area contributed by atoms with E-state index in [2.05, 4.69) is 15.0 Å². The summed E-state index contributed by atoms with van der Waals surface area (Å²) < 4.78 is 30.0. The van der Waals surface area contributed by atoms with E-state index in [-0.39, 0.29) is 0 Å². The molecule has 4 aromatic heterocycles. The van der Waals surface area contributed by atoms with Crippen LogP contribution in [-0.4, -0.2) is 60.1 Å². The van der Waals surface area contributed by atoms with Crippen LogP contribution in [-0.2, 0) is 11.3 Å². The number of benzene rings is 1. The fourth-order valence-electron chi connectivity index (χ4n) is 3.74. The van der Waals surface area contributed by atoms with Crippen LogP contribution in [0.25, 0.3) is 27.4 Å². The first-order valence-corrected chi connectivity index (χ1v) is 13.3. The number of thiazole rings is 1. The molecule has 10 nitrogen and oxygen atoms in total. The van der Waals surface area contributed by atoms with Gasteiger partial charge >= 0.3 is 0 Å². The number of furan rings is 1. The zero-order valence-corrected chi connectivity index (χ0v) is 22.1. The third kappa shape index (κ3) is 4.84. The van der Waals surface area contributed by atoms with Crippen LogP contribution in [0.1, 0.15) is 19.5 Å². The number of methoxy groups -OCH3 is 2. The molecule has 12 heteroatoms. The van der Waals surface area contributed by atoms with Crippen molar-refractivity contribution in [3.63, 3.8) is 0 Å². The van der Waals surface area contributed by atoms with Crippen LogP contribution >= 0.6 is 22.7 Å². The van der Waals surface area contributed by atoms with Gasteiger partial charge in [0.1, 0.15) is 29.4 Å². The molecule has 0 N–H and O–H groups in total. The third-order valence-corrected chi connectivity index (χ3v) is 7.29. The van der Waals surface area contributed by atoms with Gasteiger partial charge in [-0.3, -0.25) is 0 Å². The number of aromatic nitrogens is 4. The molecule has 36 heavy (non-hydrogen) atoms. The lowest BCUT2D eigenvalue weighted by atomic mass is 10.2. The van der Waals surface area contributed by atoms with E-state index in [4.69, 9.17) is 28.3 Å². The number of hydrogen-bond donors (Lipinski definition) is 0. The van der Waals surface area contributed by atoms with E-state index in [9.17, 15) is 0 Å². The Morgan fingerprint density at radius 1 is 1.06 bits per heavy atom. The molecule has 1 aliphatic heterocycles. The van der Waals surface area contributed by atoms with Crippen LogP contribution in [0.5, 0.6) is 16.7 Å². The standard InChI is InChI=1S/C22H21N5O5S2.C2H6/c1-28-14-7-17(31-11-13-12-33-20(23-13)26-3-5-30-6-4-26)15-9-19(32-18(15)8-14)16-10-27-21(24-16)34-22(25-27)29-2;1-2/h7-10,12H,3-6,11H2,1-2H3;1-2H3. The lowest BCUT2D eigenvalue weighted by Gasteiger charge is -2.26. The van der Waals surface area contributed by atoms with Gasteiger partial charge in [0.25, 0.3) is 5.19 Å². The molecule has 6 rings (SSSR count). The summed E-state index contributed by atoms with van der Waals surface area (Å²) in [5.41, 5.74) is 2.20. The fourth-order valence-corrected chi connectivity index (χ4v) is 5.31. The highest BCUT2D eigenvalue weighted by Gasteiger charge is 2.18. The number of ether oxygens (including phenoxy) is 4. The molecular formula is C24H27N5O5S2. The van der Waals surface area contributed by atoms with E-state index >= 15 is 0 Å². The van der Waals surface area contributed by atoms with Crippen LogP contribution in [0.2, 0.25) is 0 Å². The van der Waals surface area contributed by atoms with Crippen molar-refractivity contribution in [2.75, 3.05) is 45.4 Å². The quantitative estimate of drug-likeness (QED) is 0.285. The number of hydrogen-bond acceptors (Lipinski definition) is 11. The van der Waals surface area contributed by atoms with Crippen molar-refractivity contribution in [3.8, 4) is 28.1 Å². The predicted molar refractivity (Wildman–Crippen MR) is 140 cm³/mol. The maximum Gasteiger partial charge on any atom is 0.294 e. The Bertz CT molecular complexity index is 1420. The molecule has 0 bridgehead atoms. The Balaban J connectivity index is 0.00000130. The van der Waals surface area contributed by atoms with Gasteiger partial charge in [-0.1, -0.05) is 13.8 Å². The zero-order valence-electron chi connectivity index (χ0n) is 20.5. The van der Waals surface area contributed by atoms with E-state index in [0.717, 1.165) is 47.5 Å². The van der Waals surface area contributed by atoms with E-state index in [1.165, 1.54) is 11.3 Å². The minimum Gasteiger partial charge on any atom is -0.496 e. The number of nitrogens with zero attached hydrogens (tertiary/aromatic N) is 5. The molecule has 1 saturated heterocycles. The van der Waals surface area contributed by atoms with Crippen molar-refractivity contribution in [2.24, 2.45) is 0 Å². The molecule has 0 aliphatic carbocycles. The largest absolute Gasteiger partial charge is 0.496 e. The second-order valence-corrected chi connectivity index (χ2v) is 9.34. The number of fused-ring (bicyclic) bond motifs is 2. The Labute approximate surface area is 216 Å².